The van der Waals surface area contributed by atoms with Crippen LogP contribution in [-0.2, 0) is 0 Å². The summed E-state index contributed by atoms with van der Waals surface area (Å²) < 4.78 is 5.40. The van der Waals surface area contributed by atoms with Crippen LogP contribution in [0.15, 0.2) is 12.1 Å². The van der Waals surface area contributed by atoms with E-state index in [1.54, 1.807) is 12.1 Å². The first-order valence-corrected chi connectivity index (χ1v) is 7.69. The molecule has 3 unspecified atom stereocenters. The monoisotopic (exact) mass is 300 g/mol. The summed E-state index contributed by atoms with van der Waals surface area (Å²) in [5, 5.41) is 11.6. The maximum Gasteiger partial charge on any atom is 0.139 e. The van der Waals surface area contributed by atoms with Crippen LogP contribution in [-0.4, -0.2) is 11.7 Å². The molecule has 2 saturated carbocycles. The summed E-state index contributed by atoms with van der Waals surface area (Å²) in [5.74, 6) is 2.34. The Morgan fingerprint density at radius 2 is 1.95 bits per heavy atom. The van der Waals surface area contributed by atoms with E-state index in [2.05, 4.69) is 0 Å². The van der Waals surface area contributed by atoms with E-state index in [-0.39, 0.29) is 0 Å². The van der Waals surface area contributed by atoms with Crippen molar-refractivity contribution in [3.63, 3.8) is 0 Å². The predicted molar refractivity (Wildman–Crippen MR) is 76.9 cm³/mol. The molecular weight excluding hydrogens is 283 g/mol. The van der Waals surface area contributed by atoms with Gasteiger partial charge in [-0.2, -0.15) is 0 Å². The van der Waals surface area contributed by atoms with Crippen molar-refractivity contribution in [3.8, 4) is 5.75 Å². The van der Waals surface area contributed by atoms with E-state index in [1.165, 1.54) is 19.3 Å². The Hall–Kier alpha value is -0.440. The molecule has 1 N–H and O–H groups in total. The first kappa shape index (κ1) is 13.5. The first-order chi connectivity index (χ1) is 9.13. The van der Waals surface area contributed by atoms with Gasteiger partial charge in [-0.15, -0.1) is 0 Å². The lowest BCUT2D eigenvalue weighted by Gasteiger charge is -2.16. The molecule has 0 amide bonds. The minimum absolute atomic E-state index is 0.375. The van der Waals surface area contributed by atoms with Gasteiger partial charge >= 0.3 is 0 Å². The van der Waals surface area contributed by atoms with Gasteiger partial charge in [-0.05, 0) is 43.6 Å². The standard InChI is InChI=1S/C15H18Cl2O2/c1-2-19-13-7-11(16)10(6-12(13)17)15(18)14-8-4-3-5-9(8)14/h6-9,14-15,18H,2-5H2,1H3. The van der Waals surface area contributed by atoms with Crippen molar-refractivity contribution in [3.05, 3.63) is 27.7 Å². The van der Waals surface area contributed by atoms with Crippen molar-refractivity contribution in [2.45, 2.75) is 32.3 Å². The Kier molecular flexibility index (Phi) is 3.67. The fraction of sp³-hybridized carbons (Fsp3) is 0.600. The summed E-state index contributed by atoms with van der Waals surface area (Å²) >= 11 is 12.4. The second-order valence-corrected chi connectivity index (χ2v) is 6.33. The van der Waals surface area contributed by atoms with E-state index in [9.17, 15) is 5.11 Å². The summed E-state index contributed by atoms with van der Waals surface area (Å²) in [6, 6.07) is 3.47. The van der Waals surface area contributed by atoms with Crippen molar-refractivity contribution >= 4 is 23.2 Å². The topological polar surface area (TPSA) is 29.5 Å². The zero-order valence-electron chi connectivity index (χ0n) is 10.9. The Morgan fingerprint density at radius 1 is 1.26 bits per heavy atom. The van der Waals surface area contributed by atoms with Crippen LogP contribution in [0.4, 0.5) is 0 Å². The third kappa shape index (κ3) is 2.35. The molecule has 2 fully saturated rings. The summed E-state index contributed by atoms with van der Waals surface area (Å²) in [6.45, 7) is 2.45. The lowest BCUT2D eigenvalue weighted by Crippen LogP contribution is -2.06. The van der Waals surface area contributed by atoms with Crippen LogP contribution < -0.4 is 4.74 Å². The molecule has 3 rings (SSSR count). The van der Waals surface area contributed by atoms with Crippen molar-refractivity contribution in [1.82, 2.24) is 0 Å². The van der Waals surface area contributed by atoms with Crippen molar-refractivity contribution in [2.75, 3.05) is 6.61 Å². The molecule has 0 spiro atoms. The lowest BCUT2D eigenvalue weighted by atomic mass is 9.99. The molecule has 4 heteroatoms. The molecule has 1 aromatic carbocycles. The number of rotatable bonds is 4. The quantitative estimate of drug-likeness (QED) is 0.889. The molecular formula is C15H18Cl2O2. The first-order valence-electron chi connectivity index (χ1n) is 6.93. The Labute approximate surface area is 123 Å². The summed E-state index contributed by atoms with van der Waals surface area (Å²) in [6.07, 6.45) is 3.30. The number of aliphatic hydroxyl groups excluding tert-OH is 1. The average Bonchev–Trinajstić information content (AvgIpc) is 2.86. The number of benzene rings is 1. The van der Waals surface area contributed by atoms with Gasteiger partial charge < -0.3 is 9.84 Å². The van der Waals surface area contributed by atoms with Gasteiger partial charge in [-0.25, -0.2) is 0 Å². The minimum atomic E-state index is -0.490. The molecule has 0 bridgehead atoms. The number of ether oxygens (including phenoxy) is 1. The van der Waals surface area contributed by atoms with Crippen molar-refractivity contribution in [1.29, 1.82) is 0 Å². The Bertz CT molecular complexity index is 479. The van der Waals surface area contributed by atoms with Crippen LogP contribution in [0.1, 0.15) is 37.9 Å². The van der Waals surface area contributed by atoms with E-state index in [0.29, 0.717) is 40.2 Å². The number of fused-ring (bicyclic) bond motifs is 1. The minimum Gasteiger partial charge on any atom is -0.492 e. The number of halogens is 2. The zero-order chi connectivity index (χ0) is 13.6. The highest BCUT2D eigenvalue weighted by Crippen LogP contribution is 2.62. The summed E-state index contributed by atoms with van der Waals surface area (Å²) in [5.41, 5.74) is 0.745. The van der Waals surface area contributed by atoms with Gasteiger partial charge in [0, 0.05) is 11.6 Å². The number of aliphatic hydroxyl groups is 1. The third-order valence-electron chi connectivity index (χ3n) is 4.51. The number of hydrogen-bond donors (Lipinski definition) is 1. The van der Waals surface area contributed by atoms with Crippen LogP contribution in [0.25, 0.3) is 0 Å². The van der Waals surface area contributed by atoms with Crippen molar-refractivity contribution in [2.24, 2.45) is 17.8 Å². The highest BCUT2D eigenvalue weighted by atomic mass is 35.5. The number of hydrogen-bond acceptors (Lipinski definition) is 2. The molecule has 2 aliphatic carbocycles. The average molecular weight is 301 g/mol. The highest BCUT2D eigenvalue weighted by Gasteiger charge is 2.56. The van der Waals surface area contributed by atoms with Gasteiger partial charge in [0.25, 0.3) is 0 Å². The van der Waals surface area contributed by atoms with E-state index < -0.39 is 6.10 Å². The summed E-state index contributed by atoms with van der Waals surface area (Å²) in [7, 11) is 0. The van der Waals surface area contributed by atoms with Crippen LogP contribution in [0.2, 0.25) is 10.0 Å². The maximum absolute atomic E-state index is 10.5. The van der Waals surface area contributed by atoms with Gasteiger partial charge in [0.05, 0.1) is 22.8 Å². The zero-order valence-corrected chi connectivity index (χ0v) is 12.4. The fourth-order valence-corrected chi connectivity index (χ4v) is 4.08. The molecule has 104 valence electrons. The van der Waals surface area contributed by atoms with Crippen molar-refractivity contribution < 1.29 is 9.84 Å². The van der Waals surface area contributed by atoms with E-state index in [1.807, 2.05) is 6.92 Å². The van der Waals surface area contributed by atoms with Gasteiger partial charge in [0.15, 0.2) is 0 Å². The van der Waals surface area contributed by atoms with Crippen LogP contribution in [0.3, 0.4) is 0 Å². The van der Waals surface area contributed by atoms with Gasteiger partial charge in [0.1, 0.15) is 5.75 Å². The largest absolute Gasteiger partial charge is 0.492 e. The molecule has 1 aromatic rings. The molecule has 0 heterocycles. The summed E-state index contributed by atoms with van der Waals surface area (Å²) in [4.78, 5) is 0. The molecule has 0 aliphatic heterocycles. The highest BCUT2D eigenvalue weighted by molar-refractivity contribution is 6.34. The molecule has 3 atom stereocenters. The Morgan fingerprint density at radius 3 is 2.58 bits per heavy atom. The second kappa shape index (κ2) is 5.16. The van der Waals surface area contributed by atoms with Gasteiger partial charge in [-0.3, -0.25) is 0 Å². The SMILES string of the molecule is CCOc1cc(Cl)c(C(O)C2C3CCCC32)cc1Cl. The fourth-order valence-electron chi connectivity index (χ4n) is 3.59. The normalized spacial score (nSPS) is 30.0. The molecule has 0 aromatic heterocycles. The molecule has 0 saturated heterocycles. The predicted octanol–water partition coefficient (Wildman–Crippen LogP) is 4.47. The molecule has 0 radical (unpaired) electrons. The smallest absolute Gasteiger partial charge is 0.139 e. The van der Waals surface area contributed by atoms with Crippen LogP contribution in [0, 0.1) is 17.8 Å². The van der Waals surface area contributed by atoms with Crippen LogP contribution >= 0.6 is 23.2 Å². The van der Waals surface area contributed by atoms with E-state index >= 15 is 0 Å². The Balaban J connectivity index is 1.82. The van der Waals surface area contributed by atoms with E-state index in [0.717, 1.165) is 5.56 Å². The third-order valence-corrected chi connectivity index (χ3v) is 5.13. The van der Waals surface area contributed by atoms with Crippen LogP contribution in [0.5, 0.6) is 5.75 Å². The van der Waals surface area contributed by atoms with Gasteiger partial charge in [-0.1, -0.05) is 29.6 Å². The van der Waals surface area contributed by atoms with Gasteiger partial charge in [0.2, 0.25) is 0 Å². The molecule has 2 aliphatic rings. The maximum atomic E-state index is 10.5. The molecule has 2 nitrogen and oxygen atoms in total. The lowest BCUT2D eigenvalue weighted by molar-refractivity contribution is 0.137. The molecule has 19 heavy (non-hydrogen) atoms. The second-order valence-electron chi connectivity index (χ2n) is 5.52. The van der Waals surface area contributed by atoms with E-state index in [4.69, 9.17) is 27.9 Å².